The van der Waals surface area contributed by atoms with Crippen molar-refractivity contribution >= 4 is 23.4 Å². The summed E-state index contributed by atoms with van der Waals surface area (Å²) in [5, 5.41) is 10.7. The van der Waals surface area contributed by atoms with Gasteiger partial charge >= 0.3 is 0 Å². The Labute approximate surface area is 181 Å². The third-order valence-corrected chi connectivity index (χ3v) is 6.12. The van der Waals surface area contributed by atoms with Crippen molar-refractivity contribution in [3.05, 3.63) is 71.0 Å². The first-order valence-corrected chi connectivity index (χ1v) is 11.3. The van der Waals surface area contributed by atoms with Crippen LogP contribution < -0.4 is 4.74 Å². The van der Waals surface area contributed by atoms with Gasteiger partial charge in [-0.1, -0.05) is 53.7 Å². The Morgan fingerprint density at radius 2 is 1.69 bits per heavy atom. The summed E-state index contributed by atoms with van der Waals surface area (Å²) in [5.41, 5.74) is 1.26. The first-order chi connectivity index (χ1) is 14.3. The average Bonchev–Trinajstić information content (AvgIpc) is 3.39. The van der Waals surface area contributed by atoms with Crippen LogP contribution in [0.25, 0.3) is 0 Å². The summed E-state index contributed by atoms with van der Waals surface area (Å²) in [6.07, 6.45) is 2.55. The molecule has 0 spiro atoms. The molecule has 3 aromatic rings. The van der Waals surface area contributed by atoms with Crippen molar-refractivity contribution in [1.29, 1.82) is 0 Å². The van der Waals surface area contributed by atoms with Crippen LogP contribution >= 0.6 is 23.4 Å². The van der Waals surface area contributed by atoms with Crippen molar-refractivity contribution < 1.29 is 4.74 Å². The second-order valence-electron chi connectivity index (χ2n) is 7.10. The number of ether oxygens (including phenoxy) is 1. The zero-order valence-electron chi connectivity index (χ0n) is 16.3. The van der Waals surface area contributed by atoms with Gasteiger partial charge in [-0.2, -0.15) is 0 Å². The smallest absolute Gasteiger partial charge is 0.191 e. The molecule has 5 nitrogen and oxygen atoms in total. The average molecular weight is 429 g/mol. The maximum absolute atomic E-state index is 5.92. The molecule has 2 heterocycles. The highest BCUT2D eigenvalue weighted by molar-refractivity contribution is 7.99. The van der Waals surface area contributed by atoms with Gasteiger partial charge in [0.1, 0.15) is 11.6 Å². The number of nitrogens with zero attached hydrogens (tertiary/aromatic N) is 4. The standard InChI is InChI=1S/C22H25ClN4OS/c23-19-8-10-20(11-9-19)28-14-15-29-22-25-24-21(17-26-12-4-5-13-26)27(22)16-18-6-2-1-3-7-18/h1-3,6-11H,4-5,12-17H2. The summed E-state index contributed by atoms with van der Waals surface area (Å²) in [7, 11) is 0. The van der Waals surface area contributed by atoms with Crippen molar-refractivity contribution in [3.63, 3.8) is 0 Å². The molecule has 0 unspecified atom stereocenters. The molecule has 29 heavy (non-hydrogen) atoms. The zero-order chi connectivity index (χ0) is 19.9. The van der Waals surface area contributed by atoms with Crippen LogP contribution in [0.15, 0.2) is 59.8 Å². The van der Waals surface area contributed by atoms with E-state index >= 15 is 0 Å². The van der Waals surface area contributed by atoms with Crippen molar-refractivity contribution in [3.8, 4) is 5.75 Å². The topological polar surface area (TPSA) is 43.2 Å². The molecule has 4 rings (SSSR count). The van der Waals surface area contributed by atoms with E-state index in [2.05, 4.69) is 43.9 Å². The number of thioether (sulfide) groups is 1. The summed E-state index contributed by atoms with van der Waals surface area (Å²) in [6, 6.07) is 18.0. The van der Waals surface area contributed by atoms with Gasteiger partial charge in [-0.25, -0.2) is 0 Å². The predicted molar refractivity (Wildman–Crippen MR) is 118 cm³/mol. The number of hydrogen-bond acceptors (Lipinski definition) is 5. The van der Waals surface area contributed by atoms with E-state index in [1.54, 1.807) is 11.8 Å². The first kappa shape index (κ1) is 20.3. The van der Waals surface area contributed by atoms with Crippen molar-refractivity contribution in [2.45, 2.75) is 31.1 Å². The summed E-state index contributed by atoms with van der Waals surface area (Å²) >= 11 is 7.61. The highest BCUT2D eigenvalue weighted by atomic mass is 35.5. The van der Waals surface area contributed by atoms with E-state index in [0.717, 1.165) is 48.7 Å². The molecular weight excluding hydrogens is 404 g/mol. The van der Waals surface area contributed by atoms with Crippen LogP contribution in [-0.2, 0) is 13.1 Å². The van der Waals surface area contributed by atoms with Gasteiger partial charge in [-0.15, -0.1) is 10.2 Å². The van der Waals surface area contributed by atoms with Gasteiger partial charge in [0.25, 0.3) is 0 Å². The number of benzene rings is 2. The third-order valence-electron chi connectivity index (χ3n) is 4.94. The summed E-state index contributed by atoms with van der Waals surface area (Å²) in [6.45, 7) is 4.55. The van der Waals surface area contributed by atoms with E-state index in [1.807, 2.05) is 30.3 Å². The monoisotopic (exact) mass is 428 g/mol. The molecule has 0 saturated carbocycles. The van der Waals surface area contributed by atoms with Gasteiger partial charge in [-0.05, 0) is 55.8 Å². The number of likely N-dealkylation sites (tertiary alicyclic amines) is 1. The molecule has 2 aromatic carbocycles. The SMILES string of the molecule is Clc1ccc(OCCSc2nnc(CN3CCCC3)n2Cc2ccccc2)cc1. The lowest BCUT2D eigenvalue weighted by atomic mass is 10.2. The van der Waals surface area contributed by atoms with Crippen molar-refractivity contribution in [2.24, 2.45) is 0 Å². The molecule has 0 N–H and O–H groups in total. The van der Waals surface area contributed by atoms with E-state index < -0.39 is 0 Å². The fourth-order valence-electron chi connectivity index (χ4n) is 3.43. The third kappa shape index (κ3) is 5.75. The lowest BCUT2D eigenvalue weighted by molar-refractivity contribution is 0.316. The van der Waals surface area contributed by atoms with E-state index in [9.17, 15) is 0 Å². The Morgan fingerprint density at radius 1 is 0.931 bits per heavy atom. The van der Waals surface area contributed by atoms with E-state index in [-0.39, 0.29) is 0 Å². The fourth-order valence-corrected chi connectivity index (χ4v) is 4.33. The maximum atomic E-state index is 5.92. The number of rotatable bonds is 9. The van der Waals surface area contributed by atoms with E-state index in [1.165, 1.54) is 18.4 Å². The van der Waals surface area contributed by atoms with Gasteiger partial charge < -0.3 is 9.30 Å². The first-order valence-electron chi connectivity index (χ1n) is 9.97. The van der Waals surface area contributed by atoms with E-state index in [4.69, 9.17) is 16.3 Å². The van der Waals surface area contributed by atoms with Crippen LogP contribution in [0.4, 0.5) is 0 Å². The van der Waals surface area contributed by atoms with Crippen LogP contribution in [0.2, 0.25) is 5.02 Å². The zero-order valence-corrected chi connectivity index (χ0v) is 17.9. The van der Waals surface area contributed by atoms with Gasteiger partial charge in [0.15, 0.2) is 5.16 Å². The van der Waals surface area contributed by atoms with Crippen LogP contribution in [0.1, 0.15) is 24.2 Å². The molecule has 0 radical (unpaired) electrons. The molecule has 1 saturated heterocycles. The Bertz CT molecular complexity index is 895. The number of halogens is 1. The summed E-state index contributed by atoms with van der Waals surface area (Å²) < 4.78 is 8.06. The van der Waals surface area contributed by atoms with Gasteiger partial charge in [-0.3, -0.25) is 4.90 Å². The Hall–Kier alpha value is -2.02. The van der Waals surface area contributed by atoms with Crippen LogP contribution in [0.3, 0.4) is 0 Å². The molecule has 152 valence electrons. The van der Waals surface area contributed by atoms with Gasteiger partial charge in [0, 0.05) is 10.8 Å². The largest absolute Gasteiger partial charge is 0.493 e. The van der Waals surface area contributed by atoms with Crippen LogP contribution in [0.5, 0.6) is 5.75 Å². The van der Waals surface area contributed by atoms with Crippen molar-refractivity contribution in [1.82, 2.24) is 19.7 Å². The van der Waals surface area contributed by atoms with Crippen molar-refractivity contribution in [2.75, 3.05) is 25.4 Å². The molecule has 0 bridgehead atoms. The highest BCUT2D eigenvalue weighted by Crippen LogP contribution is 2.22. The second kappa shape index (κ2) is 10.1. The lowest BCUT2D eigenvalue weighted by Gasteiger charge is -2.16. The molecular formula is C22H25ClN4OS. The molecule has 1 aliphatic rings. The predicted octanol–water partition coefficient (Wildman–Crippen LogP) is 4.75. The number of hydrogen-bond donors (Lipinski definition) is 0. The lowest BCUT2D eigenvalue weighted by Crippen LogP contribution is -2.21. The van der Waals surface area contributed by atoms with Crippen LogP contribution in [0, 0.1) is 0 Å². The summed E-state index contributed by atoms with van der Waals surface area (Å²) in [4.78, 5) is 2.46. The second-order valence-corrected chi connectivity index (χ2v) is 8.60. The summed E-state index contributed by atoms with van der Waals surface area (Å²) in [5.74, 6) is 2.67. The molecule has 0 atom stereocenters. The molecule has 0 aliphatic carbocycles. The minimum atomic E-state index is 0.603. The highest BCUT2D eigenvalue weighted by Gasteiger charge is 2.18. The Morgan fingerprint density at radius 3 is 2.45 bits per heavy atom. The Balaban J connectivity index is 1.40. The Kier molecular flexibility index (Phi) is 7.09. The molecule has 1 aliphatic heterocycles. The molecule has 1 aromatic heterocycles. The molecule has 0 amide bonds. The maximum Gasteiger partial charge on any atom is 0.191 e. The normalized spacial score (nSPS) is 14.4. The quantitative estimate of drug-likeness (QED) is 0.363. The van der Waals surface area contributed by atoms with Crippen LogP contribution in [-0.4, -0.2) is 45.1 Å². The minimum Gasteiger partial charge on any atom is -0.493 e. The fraction of sp³-hybridized carbons (Fsp3) is 0.364. The number of aromatic nitrogens is 3. The molecule has 7 heteroatoms. The minimum absolute atomic E-state index is 0.603. The van der Waals surface area contributed by atoms with E-state index in [0.29, 0.717) is 11.6 Å². The van der Waals surface area contributed by atoms with Gasteiger partial charge in [0.05, 0.1) is 19.7 Å². The van der Waals surface area contributed by atoms with Gasteiger partial charge in [0.2, 0.25) is 0 Å². The molecule has 1 fully saturated rings.